The van der Waals surface area contributed by atoms with Gasteiger partial charge in [0.25, 0.3) is 0 Å². The van der Waals surface area contributed by atoms with Crippen LogP contribution in [0.3, 0.4) is 0 Å². The molecule has 0 aliphatic carbocycles. The molecule has 0 aromatic heterocycles. The van der Waals surface area contributed by atoms with E-state index >= 15 is 0 Å². The van der Waals surface area contributed by atoms with Crippen molar-refractivity contribution in [2.45, 2.75) is 25.2 Å². The molecule has 4 heteroatoms. The Labute approximate surface area is 102 Å². The second kappa shape index (κ2) is 4.01. The summed E-state index contributed by atoms with van der Waals surface area (Å²) >= 11 is 3.35. The van der Waals surface area contributed by atoms with Crippen molar-refractivity contribution in [1.82, 2.24) is 0 Å². The van der Waals surface area contributed by atoms with Crippen LogP contribution in [0, 0.1) is 0 Å². The summed E-state index contributed by atoms with van der Waals surface area (Å²) in [6.07, 6.45) is 0.501. The van der Waals surface area contributed by atoms with Gasteiger partial charge < -0.3 is 4.74 Å². The van der Waals surface area contributed by atoms with Gasteiger partial charge in [-0.05, 0) is 17.7 Å². The molecule has 0 radical (unpaired) electrons. The number of benzene rings is 1. The Balaban J connectivity index is 2.33. The molecular weight excluding hydrogens is 272 g/mol. The number of hydrogen-bond donors (Lipinski definition) is 0. The molecule has 1 aliphatic heterocycles. The molecule has 1 fully saturated rings. The highest BCUT2D eigenvalue weighted by Crippen LogP contribution is 2.35. The Morgan fingerprint density at radius 2 is 1.62 bits per heavy atom. The van der Waals surface area contributed by atoms with Gasteiger partial charge in [0.2, 0.25) is 0 Å². The standard InChI is InChI=1S/C12H11BrO3/c1-12(6-10(14)16-11(15)7-12)8-2-4-9(13)5-3-8/h2-5H,6-7H2,1H3. The first-order valence-electron chi connectivity index (χ1n) is 4.99. The van der Waals surface area contributed by atoms with Crippen molar-refractivity contribution in [1.29, 1.82) is 0 Å². The Hall–Kier alpha value is -1.16. The molecule has 0 unspecified atom stereocenters. The van der Waals surface area contributed by atoms with Gasteiger partial charge in [0, 0.05) is 9.89 Å². The van der Waals surface area contributed by atoms with Crippen molar-refractivity contribution in [3.63, 3.8) is 0 Å². The Morgan fingerprint density at radius 3 is 2.12 bits per heavy atom. The maximum atomic E-state index is 11.3. The van der Waals surface area contributed by atoms with Crippen LogP contribution in [0.1, 0.15) is 25.3 Å². The van der Waals surface area contributed by atoms with E-state index in [1.165, 1.54) is 0 Å². The highest BCUT2D eigenvalue weighted by molar-refractivity contribution is 9.10. The van der Waals surface area contributed by atoms with Crippen LogP contribution in [0.4, 0.5) is 0 Å². The van der Waals surface area contributed by atoms with E-state index in [4.69, 9.17) is 0 Å². The van der Waals surface area contributed by atoms with E-state index in [0.717, 1.165) is 10.0 Å². The molecule has 0 N–H and O–H groups in total. The predicted octanol–water partition coefficient (Wildman–Crippen LogP) is 2.57. The van der Waals surface area contributed by atoms with Crippen LogP contribution in [0.2, 0.25) is 0 Å². The van der Waals surface area contributed by atoms with Crippen molar-refractivity contribution >= 4 is 27.9 Å². The maximum Gasteiger partial charge on any atom is 0.314 e. The van der Waals surface area contributed by atoms with E-state index in [1.807, 2.05) is 31.2 Å². The molecule has 16 heavy (non-hydrogen) atoms. The van der Waals surface area contributed by atoms with Crippen molar-refractivity contribution < 1.29 is 14.3 Å². The number of carbonyl (C=O) groups excluding carboxylic acids is 2. The highest BCUT2D eigenvalue weighted by Gasteiger charge is 2.38. The molecule has 2 rings (SSSR count). The monoisotopic (exact) mass is 282 g/mol. The first-order valence-corrected chi connectivity index (χ1v) is 5.78. The fourth-order valence-electron chi connectivity index (χ4n) is 1.96. The zero-order valence-corrected chi connectivity index (χ0v) is 10.4. The first kappa shape index (κ1) is 11.3. The second-order valence-electron chi connectivity index (χ2n) is 4.27. The highest BCUT2D eigenvalue weighted by atomic mass is 79.9. The van der Waals surface area contributed by atoms with Gasteiger partial charge in [0.15, 0.2) is 0 Å². The van der Waals surface area contributed by atoms with Gasteiger partial charge in [0.05, 0.1) is 12.8 Å². The number of ether oxygens (including phenoxy) is 1. The molecular formula is C12H11BrO3. The van der Waals surface area contributed by atoms with Crippen LogP contribution in [-0.4, -0.2) is 11.9 Å². The maximum absolute atomic E-state index is 11.3. The third-order valence-electron chi connectivity index (χ3n) is 2.84. The zero-order valence-electron chi connectivity index (χ0n) is 8.83. The number of esters is 2. The van der Waals surface area contributed by atoms with Crippen LogP contribution in [-0.2, 0) is 19.7 Å². The van der Waals surface area contributed by atoms with Gasteiger partial charge in [-0.15, -0.1) is 0 Å². The fourth-order valence-corrected chi connectivity index (χ4v) is 2.22. The summed E-state index contributed by atoms with van der Waals surface area (Å²) in [5, 5.41) is 0. The lowest BCUT2D eigenvalue weighted by molar-refractivity contribution is -0.166. The Morgan fingerprint density at radius 1 is 1.12 bits per heavy atom. The van der Waals surface area contributed by atoms with E-state index < -0.39 is 17.4 Å². The third kappa shape index (κ3) is 2.16. The number of cyclic esters (lactones) is 2. The van der Waals surface area contributed by atoms with Crippen molar-refractivity contribution in [3.8, 4) is 0 Å². The van der Waals surface area contributed by atoms with Crippen LogP contribution >= 0.6 is 15.9 Å². The van der Waals surface area contributed by atoms with E-state index in [9.17, 15) is 9.59 Å². The van der Waals surface area contributed by atoms with Crippen LogP contribution in [0.15, 0.2) is 28.7 Å². The number of hydrogen-bond acceptors (Lipinski definition) is 3. The molecule has 1 aliphatic rings. The van der Waals surface area contributed by atoms with Crippen LogP contribution in [0.5, 0.6) is 0 Å². The lowest BCUT2D eigenvalue weighted by atomic mass is 9.76. The first-order chi connectivity index (χ1) is 7.49. The normalized spacial score (nSPS) is 19.4. The summed E-state index contributed by atoms with van der Waals surface area (Å²) in [4.78, 5) is 22.6. The van der Waals surface area contributed by atoms with E-state index in [-0.39, 0.29) is 12.8 Å². The fraction of sp³-hybridized carbons (Fsp3) is 0.333. The zero-order chi connectivity index (χ0) is 11.8. The molecule has 1 aromatic carbocycles. The number of rotatable bonds is 1. The Bertz CT molecular complexity index is 420. The minimum absolute atomic E-state index is 0.250. The molecule has 0 amide bonds. The molecule has 0 saturated carbocycles. The van der Waals surface area contributed by atoms with Gasteiger partial charge >= 0.3 is 11.9 Å². The van der Waals surface area contributed by atoms with E-state index in [1.54, 1.807) is 0 Å². The van der Waals surface area contributed by atoms with Crippen molar-refractivity contribution in [2.24, 2.45) is 0 Å². The predicted molar refractivity (Wildman–Crippen MR) is 61.8 cm³/mol. The minimum atomic E-state index is -0.443. The van der Waals surface area contributed by atoms with Crippen LogP contribution in [0.25, 0.3) is 0 Å². The van der Waals surface area contributed by atoms with Crippen molar-refractivity contribution in [2.75, 3.05) is 0 Å². The molecule has 1 saturated heterocycles. The van der Waals surface area contributed by atoms with Crippen molar-refractivity contribution in [3.05, 3.63) is 34.3 Å². The smallest absolute Gasteiger partial charge is 0.314 e. The summed E-state index contributed by atoms with van der Waals surface area (Å²) in [5.74, 6) is -0.886. The summed E-state index contributed by atoms with van der Waals surface area (Å²) in [5.41, 5.74) is 0.549. The molecule has 0 spiro atoms. The summed E-state index contributed by atoms with van der Waals surface area (Å²) in [7, 11) is 0. The van der Waals surface area contributed by atoms with Gasteiger partial charge in [-0.2, -0.15) is 0 Å². The third-order valence-corrected chi connectivity index (χ3v) is 3.37. The summed E-state index contributed by atoms with van der Waals surface area (Å²) < 4.78 is 5.52. The molecule has 1 aromatic rings. The van der Waals surface area contributed by atoms with E-state index in [0.29, 0.717) is 0 Å². The average Bonchev–Trinajstić information content (AvgIpc) is 2.16. The van der Waals surface area contributed by atoms with E-state index in [2.05, 4.69) is 20.7 Å². The van der Waals surface area contributed by atoms with Gasteiger partial charge in [-0.3, -0.25) is 9.59 Å². The average molecular weight is 283 g/mol. The summed E-state index contributed by atoms with van der Waals surface area (Å²) in [6.45, 7) is 1.91. The molecule has 3 nitrogen and oxygen atoms in total. The Kier molecular flexibility index (Phi) is 2.84. The molecule has 0 atom stereocenters. The number of carbonyl (C=O) groups is 2. The lowest BCUT2D eigenvalue weighted by Crippen LogP contribution is -2.36. The quantitative estimate of drug-likeness (QED) is 0.587. The second-order valence-corrected chi connectivity index (χ2v) is 5.18. The van der Waals surface area contributed by atoms with Gasteiger partial charge in [-0.25, -0.2) is 0 Å². The minimum Gasteiger partial charge on any atom is -0.393 e. The van der Waals surface area contributed by atoms with Gasteiger partial charge in [-0.1, -0.05) is 35.0 Å². The SMILES string of the molecule is CC1(c2ccc(Br)cc2)CC(=O)OC(=O)C1. The lowest BCUT2D eigenvalue weighted by Gasteiger charge is -2.31. The van der Waals surface area contributed by atoms with Crippen LogP contribution < -0.4 is 0 Å². The molecule has 1 heterocycles. The summed E-state index contributed by atoms with van der Waals surface area (Å²) in [6, 6.07) is 7.67. The number of halogens is 1. The van der Waals surface area contributed by atoms with Gasteiger partial charge in [0.1, 0.15) is 0 Å². The topological polar surface area (TPSA) is 43.4 Å². The molecule has 0 bridgehead atoms. The largest absolute Gasteiger partial charge is 0.393 e. The molecule has 84 valence electrons.